The molecule has 4 rings (SSSR count). The summed E-state index contributed by atoms with van der Waals surface area (Å²) in [5, 5.41) is 15.6. The zero-order valence-corrected chi connectivity index (χ0v) is 20.7. The maximum absolute atomic E-state index is 12.9. The molecule has 38 heavy (non-hydrogen) atoms. The van der Waals surface area contributed by atoms with Crippen LogP contribution in [0, 0.1) is 0 Å². The second kappa shape index (κ2) is 11.9. The van der Waals surface area contributed by atoms with Crippen molar-refractivity contribution in [3.63, 3.8) is 0 Å². The van der Waals surface area contributed by atoms with E-state index in [9.17, 15) is 14.7 Å². The number of nitrogens with two attached hydrogens (primary N) is 1. The lowest BCUT2D eigenvalue weighted by Gasteiger charge is -2.25. The van der Waals surface area contributed by atoms with Crippen LogP contribution in [-0.4, -0.2) is 44.2 Å². The Morgan fingerprint density at radius 2 is 1.82 bits per heavy atom. The number of phenols is 1. The van der Waals surface area contributed by atoms with Crippen molar-refractivity contribution in [1.82, 2.24) is 0 Å². The smallest absolute Gasteiger partial charge is 0.412 e. The van der Waals surface area contributed by atoms with E-state index in [4.69, 9.17) is 29.4 Å². The molecule has 1 aliphatic heterocycles. The van der Waals surface area contributed by atoms with Gasteiger partial charge in [-0.1, -0.05) is 18.2 Å². The lowest BCUT2D eigenvalue weighted by atomic mass is 10.0. The number of hydrogen-bond acceptors (Lipinski definition) is 9. The fourth-order valence-electron chi connectivity index (χ4n) is 3.72. The largest absolute Gasteiger partial charge is 0.504 e. The standard InChI is InChI=1S/C27H27N3O8/c1-34-21-9-7-16(13-20(21)31)26(38-27(33)29-17-8-10-22-24(14-17)37-15-36-22)23(35-2)11-12-25(32)30-19-6-4-3-5-18(19)28/h3-14,23,26,31H,15,28H2,1-2H3,(H,29,33)(H,30,32)/b12-11+/t23-,26-/m1/s1. The molecule has 0 bridgehead atoms. The molecule has 0 radical (unpaired) electrons. The molecule has 1 aliphatic rings. The lowest BCUT2D eigenvalue weighted by molar-refractivity contribution is -0.112. The molecule has 0 fully saturated rings. The Hall–Kier alpha value is -4.90. The summed E-state index contributed by atoms with van der Waals surface area (Å²) < 4.78 is 27.0. The first-order valence-electron chi connectivity index (χ1n) is 11.5. The normalized spacial score (nSPS) is 13.5. The van der Waals surface area contributed by atoms with Gasteiger partial charge in [-0.15, -0.1) is 0 Å². The molecule has 3 aromatic rings. The zero-order chi connectivity index (χ0) is 27.1. The average molecular weight is 522 g/mol. The molecule has 5 N–H and O–H groups in total. The molecule has 0 saturated carbocycles. The molecular formula is C27H27N3O8. The monoisotopic (exact) mass is 521 g/mol. The lowest BCUT2D eigenvalue weighted by Crippen LogP contribution is -2.27. The number of amides is 2. The number of anilines is 3. The van der Waals surface area contributed by atoms with Crippen molar-refractivity contribution < 1.29 is 38.4 Å². The Kier molecular flexibility index (Phi) is 8.19. The summed E-state index contributed by atoms with van der Waals surface area (Å²) in [6.45, 7) is 0.0958. The van der Waals surface area contributed by atoms with Crippen molar-refractivity contribution in [2.75, 3.05) is 37.4 Å². The van der Waals surface area contributed by atoms with Gasteiger partial charge in [0.05, 0.1) is 18.5 Å². The predicted molar refractivity (Wildman–Crippen MR) is 139 cm³/mol. The summed E-state index contributed by atoms with van der Waals surface area (Å²) >= 11 is 0. The number of hydrogen-bond donors (Lipinski definition) is 4. The molecule has 198 valence electrons. The van der Waals surface area contributed by atoms with E-state index in [1.807, 2.05) is 0 Å². The van der Waals surface area contributed by atoms with Gasteiger partial charge in [-0.3, -0.25) is 10.1 Å². The third-order valence-corrected chi connectivity index (χ3v) is 5.61. The molecule has 2 atom stereocenters. The molecule has 3 aromatic carbocycles. The van der Waals surface area contributed by atoms with E-state index in [-0.39, 0.29) is 18.3 Å². The number of rotatable bonds is 9. The number of benzene rings is 3. The fraction of sp³-hybridized carbons (Fsp3) is 0.185. The second-order valence-corrected chi connectivity index (χ2v) is 8.09. The predicted octanol–water partition coefficient (Wildman–Crippen LogP) is 4.21. The number of methoxy groups -OCH3 is 2. The first-order valence-corrected chi connectivity index (χ1v) is 11.5. The minimum Gasteiger partial charge on any atom is -0.504 e. The quantitative estimate of drug-likeness (QED) is 0.240. The Bertz CT molecular complexity index is 1340. The summed E-state index contributed by atoms with van der Waals surface area (Å²) in [5.41, 5.74) is 7.56. The first-order chi connectivity index (χ1) is 18.4. The van der Waals surface area contributed by atoms with Crippen molar-refractivity contribution in [1.29, 1.82) is 0 Å². The highest BCUT2D eigenvalue weighted by atomic mass is 16.7. The van der Waals surface area contributed by atoms with Crippen molar-refractivity contribution in [3.05, 3.63) is 78.4 Å². The number of nitrogen functional groups attached to an aromatic ring is 1. The third kappa shape index (κ3) is 6.26. The molecule has 0 aromatic heterocycles. The number of nitrogens with one attached hydrogen (secondary N) is 2. The summed E-state index contributed by atoms with van der Waals surface area (Å²) in [6.07, 6.45) is -0.0911. The summed E-state index contributed by atoms with van der Waals surface area (Å²) in [5.74, 6) is 0.663. The number of carbonyl (C=O) groups excluding carboxylic acids is 2. The number of phenolic OH excluding ortho intramolecular Hbond substituents is 1. The van der Waals surface area contributed by atoms with Gasteiger partial charge in [-0.05, 0) is 48.0 Å². The van der Waals surface area contributed by atoms with Crippen molar-refractivity contribution >= 4 is 29.1 Å². The number of carbonyl (C=O) groups is 2. The average Bonchev–Trinajstić information content (AvgIpc) is 3.37. The number of ether oxygens (including phenoxy) is 5. The highest BCUT2D eigenvalue weighted by Crippen LogP contribution is 2.35. The van der Waals surface area contributed by atoms with Crippen LogP contribution in [-0.2, 0) is 14.3 Å². The van der Waals surface area contributed by atoms with E-state index in [1.165, 1.54) is 38.5 Å². The second-order valence-electron chi connectivity index (χ2n) is 8.09. The molecule has 0 unspecified atom stereocenters. The van der Waals surface area contributed by atoms with Gasteiger partial charge in [-0.2, -0.15) is 0 Å². The van der Waals surface area contributed by atoms with Crippen LogP contribution >= 0.6 is 0 Å². The minimum absolute atomic E-state index is 0.0958. The number of para-hydroxylation sites is 2. The van der Waals surface area contributed by atoms with Crippen LogP contribution in [0.3, 0.4) is 0 Å². The van der Waals surface area contributed by atoms with Gasteiger partial charge in [0, 0.05) is 24.9 Å². The van der Waals surface area contributed by atoms with Gasteiger partial charge in [0.2, 0.25) is 12.7 Å². The Balaban J connectivity index is 1.54. The Morgan fingerprint density at radius 1 is 1.03 bits per heavy atom. The van der Waals surface area contributed by atoms with Crippen LogP contribution in [0.4, 0.5) is 21.9 Å². The van der Waals surface area contributed by atoms with Gasteiger partial charge < -0.3 is 39.8 Å². The highest BCUT2D eigenvalue weighted by molar-refractivity contribution is 6.01. The van der Waals surface area contributed by atoms with E-state index in [0.717, 1.165) is 0 Å². The molecule has 0 saturated heterocycles. The fourth-order valence-corrected chi connectivity index (χ4v) is 3.72. The molecule has 11 nitrogen and oxygen atoms in total. The van der Waals surface area contributed by atoms with Crippen LogP contribution < -0.4 is 30.6 Å². The van der Waals surface area contributed by atoms with Gasteiger partial charge in [0.25, 0.3) is 0 Å². The maximum atomic E-state index is 12.9. The Morgan fingerprint density at radius 3 is 2.55 bits per heavy atom. The molecule has 11 heteroatoms. The van der Waals surface area contributed by atoms with Crippen LogP contribution in [0.5, 0.6) is 23.0 Å². The van der Waals surface area contributed by atoms with Crippen LogP contribution in [0.25, 0.3) is 0 Å². The number of aromatic hydroxyl groups is 1. The van der Waals surface area contributed by atoms with E-state index < -0.39 is 24.2 Å². The summed E-state index contributed by atoms with van der Waals surface area (Å²) in [7, 11) is 2.82. The van der Waals surface area contributed by atoms with Crippen molar-refractivity contribution in [3.8, 4) is 23.0 Å². The van der Waals surface area contributed by atoms with Crippen molar-refractivity contribution in [2.45, 2.75) is 12.2 Å². The van der Waals surface area contributed by atoms with Crippen LogP contribution in [0.2, 0.25) is 0 Å². The molecule has 0 aliphatic carbocycles. The van der Waals surface area contributed by atoms with E-state index in [0.29, 0.717) is 34.1 Å². The van der Waals surface area contributed by atoms with E-state index in [1.54, 1.807) is 48.5 Å². The van der Waals surface area contributed by atoms with E-state index >= 15 is 0 Å². The van der Waals surface area contributed by atoms with Gasteiger partial charge in [-0.25, -0.2) is 4.79 Å². The molecule has 2 amide bonds. The molecular weight excluding hydrogens is 494 g/mol. The first kappa shape index (κ1) is 26.2. The summed E-state index contributed by atoms with van der Waals surface area (Å²) in [6, 6.07) is 16.3. The number of fused-ring (bicyclic) bond motifs is 1. The van der Waals surface area contributed by atoms with Crippen LogP contribution in [0.1, 0.15) is 11.7 Å². The molecule has 1 heterocycles. The third-order valence-electron chi connectivity index (χ3n) is 5.61. The topological polar surface area (TPSA) is 151 Å². The minimum atomic E-state index is -1.06. The van der Waals surface area contributed by atoms with Gasteiger partial charge in [0.1, 0.15) is 6.10 Å². The van der Waals surface area contributed by atoms with Gasteiger partial charge >= 0.3 is 6.09 Å². The molecule has 0 spiro atoms. The summed E-state index contributed by atoms with van der Waals surface area (Å²) in [4.78, 5) is 25.4. The van der Waals surface area contributed by atoms with Crippen molar-refractivity contribution in [2.24, 2.45) is 0 Å². The Labute approximate surface area is 218 Å². The van der Waals surface area contributed by atoms with E-state index in [2.05, 4.69) is 10.6 Å². The highest BCUT2D eigenvalue weighted by Gasteiger charge is 2.27. The van der Waals surface area contributed by atoms with Crippen LogP contribution in [0.15, 0.2) is 72.8 Å². The van der Waals surface area contributed by atoms with Gasteiger partial charge in [0.15, 0.2) is 29.1 Å². The maximum Gasteiger partial charge on any atom is 0.412 e. The SMILES string of the molecule is COc1ccc([C@@H](OC(=O)Nc2ccc3c(c2)OCO3)[C@@H](/C=C/C(=O)Nc2ccccc2N)OC)cc1O. The zero-order valence-electron chi connectivity index (χ0n) is 20.7.